The molecule has 7 nitrogen and oxygen atoms in total. The van der Waals surface area contributed by atoms with E-state index in [1.807, 2.05) is 48.7 Å². The number of carbonyl (C=O) groups is 1. The molecule has 30 heavy (non-hydrogen) atoms. The van der Waals surface area contributed by atoms with Gasteiger partial charge in [-0.25, -0.2) is 0 Å². The van der Waals surface area contributed by atoms with E-state index in [9.17, 15) is 9.90 Å². The second-order valence-corrected chi connectivity index (χ2v) is 7.36. The van der Waals surface area contributed by atoms with Gasteiger partial charge in [-0.15, -0.1) is 11.3 Å². The summed E-state index contributed by atoms with van der Waals surface area (Å²) in [5.41, 5.74) is 1.97. The predicted octanol–water partition coefficient (Wildman–Crippen LogP) is 4.71. The number of hydrogen-bond donors (Lipinski definition) is 3. The van der Waals surface area contributed by atoms with Crippen molar-refractivity contribution in [3.05, 3.63) is 65.0 Å². The lowest BCUT2D eigenvalue weighted by molar-refractivity contribution is 0.0939. The number of phenols is 1. The Morgan fingerprint density at radius 3 is 2.40 bits per heavy atom. The molecule has 1 aromatic heterocycles. The van der Waals surface area contributed by atoms with Crippen LogP contribution in [-0.2, 0) is 0 Å². The first-order valence-corrected chi connectivity index (χ1v) is 10.1. The molecule has 3 aromatic rings. The van der Waals surface area contributed by atoms with Crippen molar-refractivity contribution in [2.24, 2.45) is 0 Å². The van der Waals surface area contributed by atoms with E-state index in [0.717, 1.165) is 16.3 Å². The number of methoxy groups -OCH3 is 2. The van der Waals surface area contributed by atoms with E-state index in [0.29, 0.717) is 5.56 Å². The fraction of sp³-hybridized carbons (Fsp3) is 0.182. The molecule has 2 aromatic carbocycles. The van der Waals surface area contributed by atoms with Gasteiger partial charge in [-0.05, 0) is 48.2 Å². The summed E-state index contributed by atoms with van der Waals surface area (Å²) in [4.78, 5) is 14.7. The first-order valence-electron chi connectivity index (χ1n) is 9.18. The van der Waals surface area contributed by atoms with Gasteiger partial charge in [-0.1, -0.05) is 18.2 Å². The molecular formula is C22H23N3O4S. The van der Waals surface area contributed by atoms with Crippen LogP contribution in [0.1, 0.15) is 28.9 Å². The van der Waals surface area contributed by atoms with Crippen LogP contribution in [0, 0.1) is 5.41 Å². The monoisotopic (exact) mass is 425 g/mol. The maximum atomic E-state index is 12.9. The highest BCUT2D eigenvalue weighted by Gasteiger charge is 2.20. The Balaban J connectivity index is 1.89. The van der Waals surface area contributed by atoms with Crippen molar-refractivity contribution in [2.75, 3.05) is 19.1 Å². The highest BCUT2D eigenvalue weighted by Crippen LogP contribution is 2.37. The van der Waals surface area contributed by atoms with E-state index in [4.69, 9.17) is 14.9 Å². The molecule has 0 spiro atoms. The number of hydrogen-bond acceptors (Lipinski definition) is 6. The van der Waals surface area contributed by atoms with Gasteiger partial charge in [0.25, 0.3) is 5.91 Å². The molecule has 0 bridgehead atoms. The maximum Gasteiger partial charge on any atom is 0.252 e. The lowest BCUT2D eigenvalue weighted by Gasteiger charge is -2.24. The zero-order valence-corrected chi connectivity index (χ0v) is 17.7. The number of amides is 1. The van der Waals surface area contributed by atoms with Crippen LogP contribution in [0.3, 0.4) is 0 Å². The Kier molecular flexibility index (Phi) is 6.58. The summed E-state index contributed by atoms with van der Waals surface area (Å²) in [6.07, 6.45) is 1.26. The van der Waals surface area contributed by atoms with Gasteiger partial charge in [0.2, 0.25) is 5.75 Å². The number of para-hydroxylation sites is 1. The molecule has 1 atom stereocenters. The Morgan fingerprint density at radius 1 is 1.17 bits per heavy atom. The minimum Gasteiger partial charge on any atom is -0.502 e. The third-order valence-corrected chi connectivity index (χ3v) is 5.49. The summed E-state index contributed by atoms with van der Waals surface area (Å²) >= 11 is 1.53. The lowest BCUT2D eigenvalue weighted by Crippen LogP contribution is -2.28. The van der Waals surface area contributed by atoms with E-state index in [1.54, 1.807) is 4.90 Å². The summed E-state index contributed by atoms with van der Waals surface area (Å²) in [6, 6.07) is 14.1. The van der Waals surface area contributed by atoms with Crippen molar-refractivity contribution in [1.82, 2.24) is 5.32 Å². The number of phenolic OH excluding ortho intramolecular Hbond substituents is 1. The number of ether oxygens (including phenoxy) is 2. The topological polar surface area (TPSA) is 94.9 Å². The summed E-state index contributed by atoms with van der Waals surface area (Å²) < 4.78 is 10.3. The smallest absolute Gasteiger partial charge is 0.252 e. The van der Waals surface area contributed by atoms with Gasteiger partial charge in [-0.2, -0.15) is 0 Å². The first-order chi connectivity index (χ1) is 14.5. The largest absolute Gasteiger partial charge is 0.502 e. The summed E-state index contributed by atoms with van der Waals surface area (Å²) in [5.74, 6) is -0.195. The number of rotatable bonds is 8. The zero-order valence-electron chi connectivity index (χ0n) is 16.9. The Hall–Kier alpha value is -3.52. The molecule has 0 aliphatic rings. The fourth-order valence-corrected chi connectivity index (χ4v) is 3.83. The van der Waals surface area contributed by atoms with E-state index in [-0.39, 0.29) is 29.2 Å². The molecule has 1 amide bonds. The van der Waals surface area contributed by atoms with Gasteiger partial charge in [0.1, 0.15) is 5.00 Å². The normalized spacial score (nSPS) is 11.4. The lowest BCUT2D eigenvalue weighted by atomic mass is 10.0. The van der Waals surface area contributed by atoms with Gasteiger partial charge in [0.05, 0.1) is 32.3 Å². The molecular weight excluding hydrogens is 402 g/mol. The number of nitrogens with one attached hydrogen (secondary N) is 2. The van der Waals surface area contributed by atoms with E-state index in [1.165, 1.54) is 44.0 Å². The highest BCUT2D eigenvalue weighted by atomic mass is 32.1. The minimum absolute atomic E-state index is 0.153. The van der Waals surface area contributed by atoms with Crippen LogP contribution < -0.4 is 19.7 Å². The number of nitrogens with zero attached hydrogens (tertiary/aromatic N) is 1. The molecule has 0 saturated heterocycles. The van der Waals surface area contributed by atoms with Crippen LogP contribution in [0.5, 0.6) is 17.2 Å². The van der Waals surface area contributed by atoms with Crippen molar-refractivity contribution in [2.45, 2.75) is 13.0 Å². The van der Waals surface area contributed by atoms with Crippen LogP contribution in [0.4, 0.5) is 10.7 Å². The Morgan fingerprint density at radius 2 is 1.83 bits per heavy atom. The number of aromatic hydroxyl groups is 1. The molecule has 0 aliphatic carbocycles. The van der Waals surface area contributed by atoms with Gasteiger partial charge < -0.3 is 19.9 Å². The SMILES string of the molecule is COc1cc(C(=O)NC(C)c2ccccc2N(C=N)c2cccs2)cc(OC)c1O. The average Bonchev–Trinajstić information content (AvgIpc) is 3.29. The van der Waals surface area contributed by atoms with Gasteiger partial charge in [0.15, 0.2) is 11.5 Å². The molecule has 0 fully saturated rings. The number of benzene rings is 2. The zero-order chi connectivity index (χ0) is 21.7. The van der Waals surface area contributed by atoms with Gasteiger partial charge >= 0.3 is 0 Å². The van der Waals surface area contributed by atoms with Crippen LogP contribution in [0.25, 0.3) is 0 Å². The fourth-order valence-electron chi connectivity index (χ4n) is 3.11. The molecule has 1 heterocycles. The molecule has 0 aliphatic heterocycles. The molecule has 0 saturated carbocycles. The van der Waals surface area contributed by atoms with Gasteiger partial charge in [0, 0.05) is 5.56 Å². The molecule has 1 unspecified atom stereocenters. The average molecular weight is 426 g/mol. The first kappa shape index (κ1) is 21.2. The van der Waals surface area contributed by atoms with Crippen molar-refractivity contribution in [3.63, 3.8) is 0 Å². The molecule has 8 heteroatoms. The van der Waals surface area contributed by atoms with Crippen LogP contribution >= 0.6 is 11.3 Å². The van der Waals surface area contributed by atoms with Crippen molar-refractivity contribution in [3.8, 4) is 17.2 Å². The standard InChI is InChI=1S/C22H23N3O4S/c1-14(24-22(27)15-11-18(28-2)21(26)19(12-15)29-3)16-7-4-5-8-17(16)25(13-23)20-9-6-10-30-20/h4-14,23,26H,1-3H3,(H,24,27). The Labute approximate surface area is 179 Å². The molecule has 3 rings (SSSR count). The highest BCUT2D eigenvalue weighted by molar-refractivity contribution is 7.14. The summed E-state index contributed by atoms with van der Waals surface area (Å²) in [5, 5.41) is 23.8. The summed E-state index contributed by atoms with van der Waals surface area (Å²) in [7, 11) is 2.82. The number of anilines is 2. The van der Waals surface area contributed by atoms with Crippen LogP contribution in [-0.4, -0.2) is 31.6 Å². The van der Waals surface area contributed by atoms with Crippen molar-refractivity contribution < 1.29 is 19.4 Å². The second kappa shape index (κ2) is 9.32. The second-order valence-electron chi connectivity index (χ2n) is 6.43. The maximum absolute atomic E-state index is 12.9. The minimum atomic E-state index is -0.345. The van der Waals surface area contributed by atoms with Gasteiger partial charge in [-0.3, -0.25) is 15.1 Å². The summed E-state index contributed by atoms with van der Waals surface area (Å²) in [6.45, 7) is 1.88. The van der Waals surface area contributed by atoms with E-state index in [2.05, 4.69) is 5.32 Å². The van der Waals surface area contributed by atoms with E-state index < -0.39 is 0 Å². The third kappa shape index (κ3) is 4.23. The van der Waals surface area contributed by atoms with Crippen LogP contribution in [0.15, 0.2) is 53.9 Å². The van der Waals surface area contributed by atoms with E-state index >= 15 is 0 Å². The third-order valence-electron chi connectivity index (χ3n) is 4.63. The molecule has 3 N–H and O–H groups in total. The number of thiophene rings is 1. The van der Waals surface area contributed by atoms with Crippen LogP contribution in [0.2, 0.25) is 0 Å². The van der Waals surface area contributed by atoms with Crippen molar-refractivity contribution >= 4 is 34.3 Å². The quantitative estimate of drug-likeness (QED) is 0.359. The van der Waals surface area contributed by atoms with Crippen molar-refractivity contribution in [1.29, 1.82) is 5.41 Å². The predicted molar refractivity (Wildman–Crippen MR) is 119 cm³/mol. The molecule has 0 radical (unpaired) electrons. The Bertz CT molecular complexity index is 1010. The number of carbonyl (C=O) groups excluding carboxylic acids is 1. The molecule has 156 valence electrons.